The summed E-state index contributed by atoms with van der Waals surface area (Å²) in [5.74, 6) is -0.624. The Labute approximate surface area is 115 Å². The molecule has 1 aromatic rings. The monoisotopic (exact) mass is 286 g/mol. The molecule has 0 fully saturated rings. The first kappa shape index (κ1) is 16.1. The summed E-state index contributed by atoms with van der Waals surface area (Å²) in [6.07, 6.45) is -0.804. The van der Waals surface area contributed by atoms with Gasteiger partial charge in [0.2, 0.25) is 0 Å². The molecule has 0 aliphatic heterocycles. The summed E-state index contributed by atoms with van der Waals surface area (Å²) in [5, 5.41) is 9.78. The van der Waals surface area contributed by atoms with Gasteiger partial charge in [0.15, 0.2) is 0 Å². The molecule has 0 amide bonds. The van der Waals surface area contributed by atoms with Crippen molar-refractivity contribution in [3.8, 4) is 0 Å². The topological polar surface area (TPSA) is 74.6 Å². The van der Waals surface area contributed by atoms with Gasteiger partial charge in [0, 0.05) is 0 Å². The molecule has 1 rings (SSSR count). The Morgan fingerprint density at radius 2 is 1.63 bits per heavy atom. The third-order valence-corrected chi connectivity index (χ3v) is 3.96. The van der Waals surface area contributed by atoms with Crippen LogP contribution in [0.5, 0.6) is 0 Å². The van der Waals surface area contributed by atoms with E-state index < -0.39 is 22.0 Å². The quantitative estimate of drug-likeness (QED) is 0.814. The number of aryl methyl sites for hydroxylation is 2. The zero-order valence-electron chi connectivity index (χ0n) is 11.8. The first-order chi connectivity index (χ1) is 8.49. The van der Waals surface area contributed by atoms with Gasteiger partial charge >= 0.3 is 0 Å². The second kappa shape index (κ2) is 5.61. The normalized spacial score (nSPS) is 14.4. The lowest BCUT2D eigenvalue weighted by atomic mass is 9.79. The van der Waals surface area contributed by atoms with Crippen LogP contribution in [0, 0.1) is 13.8 Å². The third-order valence-electron chi connectivity index (χ3n) is 3.15. The highest BCUT2D eigenvalue weighted by Crippen LogP contribution is 2.30. The molecular formula is C14H22O4S. The lowest BCUT2D eigenvalue weighted by Crippen LogP contribution is -2.29. The fourth-order valence-corrected chi connectivity index (χ4v) is 2.98. The molecule has 1 aromatic carbocycles. The minimum atomic E-state index is -4.14. The molecule has 0 aliphatic rings. The molecule has 0 aromatic heterocycles. The second-order valence-electron chi connectivity index (χ2n) is 5.87. The lowest BCUT2D eigenvalue weighted by molar-refractivity contribution is 0.157. The summed E-state index contributed by atoms with van der Waals surface area (Å²) in [6.45, 7) is 7.91. The van der Waals surface area contributed by atoms with Crippen molar-refractivity contribution in [1.82, 2.24) is 0 Å². The molecule has 1 unspecified atom stereocenters. The average Bonchev–Trinajstić information content (AvgIpc) is 2.11. The summed E-state index contributed by atoms with van der Waals surface area (Å²) in [4.78, 5) is 0. The van der Waals surface area contributed by atoms with Crippen LogP contribution in [-0.2, 0) is 15.5 Å². The summed E-state index contributed by atoms with van der Waals surface area (Å²) in [6, 6.07) is 6.13. The Kier molecular flexibility index (Phi) is 4.76. The average molecular weight is 286 g/mol. The molecule has 0 saturated heterocycles. The van der Waals surface area contributed by atoms with E-state index in [9.17, 15) is 13.5 Å². The maximum Gasteiger partial charge on any atom is 0.267 e. The maximum absolute atomic E-state index is 10.8. The van der Waals surface area contributed by atoms with Gasteiger partial charge in [-0.2, -0.15) is 8.42 Å². The van der Waals surface area contributed by atoms with E-state index in [2.05, 4.69) is 6.07 Å². The number of benzene rings is 1. The van der Waals surface area contributed by atoms with Crippen molar-refractivity contribution in [2.24, 2.45) is 0 Å². The van der Waals surface area contributed by atoms with Gasteiger partial charge in [-0.1, -0.05) is 43.2 Å². The van der Waals surface area contributed by atoms with Crippen LogP contribution in [0.4, 0.5) is 0 Å². The molecule has 0 heterocycles. The SMILES string of the molecule is Cc1cc(C)cc(C(C)(C)CC(O)CS(=O)(=O)O)c1. The van der Waals surface area contributed by atoms with Crippen LogP contribution in [-0.4, -0.2) is 29.9 Å². The van der Waals surface area contributed by atoms with Crippen LogP contribution < -0.4 is 0 Å². The Morgan fingerprint density at radius 3 is 2.05 bits per heavy atom. The molecule has 108 valence electrons. The Bertz CT molecular complexity index is 526. The fraction of sp³-hybridized carbons (Fsp3) is 0.571. The summed E-state index contributed by atoms with van der Waals surface area (Å²) in [7, 11) is -4.14. The maximum atomic E-state index is 10.8. The highest BCUT2D eigenvalue weighted by molar-refractivity contribution is 7.85. The lowest BCUT2D eigenvalue weighted by Gasteiger charge is -2.28. The minimum absolute atomic E-state index is 0.273. The number of aliphatic hydroxyl groups is 1. The standard InChI is InChI=1S/C14H22O4S/c1-10-5-11(2)7-12(6-10)14(3,4)8-13(15)9-19(16,17)18/h5-7,13,15H,8-9H2,1-4H3,(H,16,17,18). The summed E-state index contributed by atoms with van der Waals surface area (Å²) >= 11 is 0. The second-order valence-corrected chi connectivity index (χ2v) is 7.36. The first-order valence-corrected chi connectivity index (χ1v) is 7.82. The highest BCUT2D eigenvalue weighted by atomic mass is 32.2. The zero-order valence-corrected chi connectivity index (χ0v) is 12.7. The van der Waals surface area contributed by atoms with E-state index in [-0.39, 0.29) is 11.8 Å². The van der Waals surface area contributed by atoms with Crippen molar-refractivity contribution in [2.75, 3.05) is 5.75 Å². The van der Waals surface area contributed by atoms with Gasteiger partial charge in [-0.25, -0.2) is 0 Å². The van der Waals surface area contributed by atoms with Gasteiger partial charge in [0.25, 0.3) is 10.1 Å². The van der Waals surface area contributed by atoms with Gasteiger partial charge in [-0.05, 0) is 31.2 Å². The Hall–Kier alpha value is -0.910. The number of hydrogen-bond acceptors (Lipinski definition) is 3. The predicted octanol–water partition coefficient (Wildman–Crippen LogP) is 2.22. The van der Waals surface area contributed by atoms with Gasteiger partial charge in [0.1, 0.15) is 5.75 Å². The largest absolute Gasteiger partial charge is 0.392 e. The smallest absolute Gasteiger partial charge is 0.267 e. The van der Waals surface area contributed by atoms with Crippen LogP contribution in [0.2, 0.25) is 0 Å². The third kappa shape index (κ3) is 5.30. The van der Waals surface area contributed by atoms with Crippen molar-refractivity contribution in [3.63, 3.8) is 0 Å². The fourth-order valence-electron chi connectivity index (χ4n) is 2.37. The number of aliphatic hydroxyl groups excluding tert-OH is 1. The van der Waals surface area contributed by atoms with E-state index >= 15 is 0 Å². The Morgan fingerprint density at radius 1 is 1.16 bits per heavy atom. The van der Waals surface area contributed by atoms with Crippen molar-refractivity contribution >= 4 is 10.1 Å². The molecule has 2 N–H and O–H groups in total. The molecule has 0 saturated carbocycles. The minimum Gasteiger partial charge on any atom is -0.392 e. The zero-order chi connectivity index (χ0) is 14.8. The van der Waals surface area contributed by atoms with E-state index in [1.807, 2.05) is 39.8 Å². The van der Waals surface area contributed by atoms with Crippen LogP contribution in [0.3, 0.4) is 0 Å². The van der Waals surface area contributed by atoms with E-state index in [4.69, 9.17) is 4.55 Å². The predicted molar refractivity (Wildman–Crippen MR) is 76.0 cm³/mol. The first-order valence-electron chi connectivity index (χ1n) is 6.21. The molecule has 19 heavy (non-hydrogen) atoms. The van der Waals surface area contributed by atoms with Crippen LogP contribution in [0.25, 0.3) is 0 Å². The van der Waals surface area contributed by atoms with Gasteiger partial charge in [0.05, 0.1) is 6.10 Å². The van der Waals surface area contributed by atoms with Crippen molar-refractivity contribution in [1.29, 1.82) is 0 Å². The van der Waals surface area contributed by atoms with Crippen molar-refractivity contribution in [3.05, 3.63) is 34.9 Å². The molecular weight excluding hydrogens is 264 g/mol. The molecule has 0 aliphatic carbocycles. The molecule has 0 bridgehead atoms. The molecule has 0 spiro atoms. The number of hydrogen-bond donors (Lipinski definition) is 2. The van der Waals surface area contributed by atoms with E-state index in [1.165, 1.54) is 0 Å². The van der Waals surface area contributed by atoms with Crippen molar-refractivity contribution in [2.45, 2.75) is 45.6 Å². The molecule has 1 atom stereocenters. The molecule has 5 heteroatoms. The van der Waals surface area contributed by atoms with Crippen LogP contribution in [0.15, 0.2) is 18.2 Å². The summed E-state index contributed by atoms with van der Waals surface area (Å²) in [5.41, 5.74) is 2.96. The van der Waals surface area contributed by atoms with Gasteiger partial charge < -0.3 is 5.11 Å². The van der Waals surface area contributed by atoms with Gasteiger partial charge in [-0.15, -0.1) is 0 Å². The number of rotatable bonds is 5. The highest BCUT2D eigenvalue weighted by Gasteiger charge is 2.27. The molecule has 0 radical (unpaired) electrons. The summed E-state index contributed by atoms with van der Waals surface area (Å²) < 4.78 is 30.3. The molecule has 4 nitrogen and oxygen atoms in total. The van der Waals surface area contributed by atoms with E-state index in [0.29, 0.717) is 0 Å². The van der Waals surface area contributed by atoms with Crippen molar-refractivity contribution < 1.29 is 18.1 Å². The van der Waals surface area contributed by atoms with Crippen LogP contribution in [0.1, 0.15) is 37.0 Å². The Balaban J connectivity index is 2.91. The van der Waals surface area contributed by atoms with E-state index in [1.54, 1.807) is 0 Å². The van der Waals surface area contributed by atoms with Crippen LogP contribution >= 0.6 is 0 Å². The van der Waals surface area contributed by atoms with Gasteiger partial charge in [-0.3, -0.25) is 4.55 Å². The van der Waals surface area contributed by atoms with E-state index in [0.717, 1.165) is 16.7 Å².